The second kappa shape index (κ2) is 9.07. The molecule has 0 saturated heterocycles. The first kappa shape index (κ1) is 18.3. The van der Waals surface area contributed by atoms with Crippen molar-refractivity contribution < 1.29 is 18.4 Å². The van der Waals surface area contributed by atoms with Gasteiger partial charge in [0.25, 0.3) is 11.5 Å². The van der Waals surface area contributed by atoms with Crippen molar-refractivity contribution in [3.63, 3.8) is 0 Å². The summed E-state index contributed by atoms with van der Waals surface area (Å²) in [6.45, 7) is -2.75. The Bertz CT molecular complexity index is 1390. The van der Waals surface area contributed by atoms with E-state index in [0.29, 0.717) is 22.7 Å². The van der Waals surface area contributed by atoms with Crippen LogP contribution >= 0.6 is 0 Å². The van der Waals surface area contributed by atoms with E-state index < -0.39 is 12.9 Å². The fourth-order valence-electron chi connectivity index (χ4n) is 3.16. The quantitative estimate of drug-likeness (QED) is 0.492. The van der Waals surface area contributed by atoms with Gasteiger partial charge < -0.3 is 25.3 Å². The highest BCUT2D eigenvalue weighted by Crippen LogP contribution is 2.37. The van der Waals surface area contributed by atoms with Gasteiger partial charge in [-0.3, -0.25) is 14.4 Å². The summed E-state index contributed by atoms with van der Waals surface area (Å²) in [5.41, 5.74) is 0.730. The van der Waals surface area contributed by atoms with Gasteiger partial charge >= 0.3 is 0 Å². The van der Waals surface area contributed by atoms with Crippen molar-refractivity contribution in [1.82, 2.24) is 25.1 Å². The Kier molecular flexibility index (Phi) is 5.03. The van der Waals surface area contributed by atoms with E-state index in [1.54, 1.807) is 25.2 Å². The summed E-state index contributed by atoms with van der Waals surface area (Å²) in [4.78, 5) is 41.3. The SMILES string of the molecule is [2H]C([2H])([2H])NC(=O)c1nnc(NC(=O)C2CC2)cc1Nc1cccc(-c2cc(=O)n(C)cn2)c1OC. The van der Waals surface area contributed by atoms with Gasteiger partial charge in [0.2, 0.25) is 5.91 Å². The number of para-hydroxylation sites is 1. The minimum Gasteiger partial charge on any atom is -0.494 e. The molecule has 1 saturated carbocycles. The summed E-state index contributed by atoms with van der Waals surface area (Å²) in [5, 5.41) is 15.3. The molecule has 1 fully saturated rings. The molecule has 4 rings (SSSR count). The van der Waals surface area contributed by atoms with Crippen LogP contribution < -0.4 is 26.2 Å². The van der Waals surface area contributed by atoms with Gasteiger partial charge in [0.15, 0.2) is 17.3 Å². The number of nitrogens with zero attached hydrogens (tertiary/aromatic N) is 4. The topological polar surface area (TPSA) is 140 Å². The maximum atomic E-state index is 12.7. The number of anilines is 3. The number of benzene rings is 1. The lowest BCUT2D eigenvalue weighted by atomic mass is 10.1. The molecular weight excluding hydrogens is 426 g/mol. The fourth-order valence-corrected chi connectivity index (χ4v) is 3.16. The number of ether oxygens (including phenoxy) is 1. The van der Waals surface area contributed by atoms with Crippen LogP contribution in [0.2, 0.25) is 0 Å². The maximum absolute atomic E-state index is 12.7. The minimum absolute atomic E-state index is 0.0743. The maximum Gasteiger partial charge on any atom is 0.273 e. The van der Waals surface area contributed by atoms with E-state index in [2.05, 4.69) is 25.8 Å². The van der Waals surface area contributed by atoms with Crippen molar-refractivity contribution in [3.05, 3.63) is 52.7 Å². The standard InChI is InChI=1S/C22H23N7O4/c1-23-22(32)19-16(9-17(27-28-19)26-21(31)12-7-8-12)25-14-6-4-5-13(20(14)33-3)15-10-18(30)29(2)11-24-15/h4-6,9-12H,7-8H2,1-3H3,(H,23,32)(H2,25,26,27,31)/i1D3. The number of aryl methyl sites for hydroxylation is 1. The smallest absolute Gasteiger partial charge is 0.273 e. The zero-order chi connectivity index (χ0) is 26.0. The lowest BCUT2D eigenvalue weighted by Crippen LogP contribution is -2.22. The zero-order valence-electron chi connectivity index (χ0n) is 20.9. The van der Waals surface area contributed by atoms with Crippen molar-refractivity contribution in [2.24, 2.45) is 13.0 Å². The third-order valence-corrected chi connectivity index (χ3v) is 5.06. The Morgan fingerprint density at radius 2 is 2.03 bits per heavy atom. The molecule has 0 unspecified atom stereocenters. The average Bonchev–Trinajstić information content (AvgIpc) is 3.65. The number of methoxy groups -OCH3 is 1. The van der Waals surface area contributed by atoms with Gasteiger partial charge in [-0.25, -0.2) is 4.98 Å². The van der Waals surface area contributed by atoms with Crippen LogP contribution in [0.4, 0.5) is 17.2 Å². The lowest BCUT2D eigenvalue weighted by molar-refractivity contribution is -0.117. The van der Waals surface area contributed by atoms with Gasteiger partial charge in [0.05, 0.1) is 30.5 Å². The van der Waals surface area contributed by atoms with E-state index in [1.807, 2.05) is 5.32 Å². The molecule has 170 valence electrons. The Morgan fingerprint density at radius 3 is 2.73 bits per heavy atom. The first-order valence-corrected chi connectivity index (χ1v) is 10.0. The Labute approximate surface area is 193 Å². The van der Waals surface area contributed by atoms with Gasteiger partial charge in [-0.05, 0) is 25.0 Å². The molecule has 1 aliphatic carbocycles. The molecule has 1 aliphatic rings. The van der Waals surface area contributed by atoms with Crippen LogP contribution in [-0.2, 0) is 11.8 Å². The van der Waals surface area contributed by atoms with Crippen LogP contribution in [0.1, 0.15) is 27.4 Å². The molecule has 0 atom stereocenters. The van der Waals surface area contributed by atoms with Gasteiger partial charge in [-0.1, -0.05) is 6.07 Å². The highest BCUT2D eigenvalue weighted by molar-refractivity contribution is 6.00. The second-order valence-corrected chi connectivity index (χ2v) is 7.44. The molecule has 0 radical (unpaired) electrons. The summed E-state index contributed by atoms with van der Waals surface area (Å²) in [6, 6.07) is 7.78. The molecule has 11 nitrogen and oxygen atoms in total. The van der Waals surface area contributed by atoms with Crippen molar-refractivity contribution >= 4 is 29.0 Å². The van der Waals surface area contributed by atoms with Crippen LogP contribution in [-0.4, -0.2) is 45.6 Å². The monoisotopic (exact) mass is 452 g/mol. The van der Waals surface area contributed by atoms with Crippen molar-refractivity contribution in [1.29, 1.82) is 0 Å². The van der Waals surface area contributed by atoms with Crippen molar-refractivity contribution in [3.8, 4) is 17.0 Å². The molecule has 2 aromatic heterocycles. The van der Waals surface area contributed by atoms with E-state index in [0.717, 1.165) is 12.8 Å². The van der Waals surface area contributed by atoms with E-state index in [-0.39, 0.29) is 34.6 Å². The van der Waals surface area contributed by atoms with E-state index in [4.69, 9.17) is 8.85 Å². The van der Waals surface area contributed by atoms with Gasteiger partial charge in [0.1, 0.15) is 0 Å². The predicted octanol–water partition coefficient (Wildman–Crippen LogP) is 1.70. The summed E-state index contributed by atoms with van der Waals surface area (Å²) in [6.07, 6.45) is 2.95. The highest BCUT2D eigenvalue weighted by Gasteiger charge is 2.30. The summed E-state index contributed by atoms with van der Waals surface area (Å²) < 4.78 is 28.9. The first-order valence-electron chi connectivity index (χ1n) is 11.5. The van der Waals surface area contributed by atoms with Gasteiger partial charge in [-0.2, -0.15) is 0 Å². The third-order valence-electron chi connectivity index (χ3n) is 5.06. The van der Waals surface area contributed by atoms with E-state index in [1.165, 1.54) is 30.1 Å². The molecule has 0 spiro atoms. The van der Waals surface area contributed by atoms with Crippen molar-refractivity contribution in [2.45, 2.75) is 12.8 Å². The number of carbonyl (C=O) groups is 2. The van der Waals surface area contributed by atoms with Crippen LogP contribution in [0, 0.1) is 5.92 Å². The van der Waals surface area contributed by atoms with E-state index in [9.17, 15) is 14.4 Å². The number of nitrogens with one attached hydrogen (secondary N) is 3. The first-order chi connectivity index (χ1) is 17.1. The molecule has 3 N–H and O–H groups in total. The summed E-state index contributed by atoms with van der Waals surface area (Å²) in [5.74, 6) is -0.909. The van der Waals surface area contributed by atoms with Crippen LogP contribution in [0.15, 0.2) is 41.5 Å². The molecule has 0 bridgehead atoms. The number of aromatic nitrogens is 4. The Morgan fingerprint density at radius 1 is 1.21 bits per heavy atom. The number of carbonyl (C=O) groups excluding carboxylic acids is 2. The van der Waals surface area contributed by atoms with Gasteiger partial charge in [-0.15, -0.1) is 10.2 Å². The second-order valence-electron chi connectivity index (χ2n) is 7.44. The molecular formula is C22H23N7O4. The summed E-state index contributed by atoms with van der Waals surface area (Å²) in [7, 11) is 3.01. The van der Waals surface area contributed by atoms with Crippen LogP contribution in [0.5, 0.6) is 5.75 Å². The number of rotatable bonds is 7. The number of hydrogen-bond acceptors (Lipinski definition) is 8. The number of amides is 2. The molecule has 3 aromatic rings. The molecule has 1 aromatic carbocycles. The fraction of sp³-hybridized carbons (Fsp3) is 0.273. The zero-order valence-corrected chi connectivity index (χ0v) is 17.9. The third kappa shape index (κ3) is 4.66. The van der Waals surface area contributed by atoms with E-state index >= 15 is 0 Å². The molecule has 33 heavy (non-hydrogen) atoms. The predicted molar refractivity (Wildman–Crippen MR) is 122 cm³/mol. The Balaban J connectivity index is 1.75. The molecule has 0 aliphatic heterocycles. The number of hydrogen-bond donors (Lipinski definition) is 3. The largest absolute Gasteiger partial charge is 0.494 e. The normalized spacial score (nSPS) is 14.4. The molecule has 11 heteroatoms. The summed E-state index contributed by atoms with van der Waals surface area (Å²) >= 11 is 0. The van der Waals surface area contributed by atoms with Crippen LogP contribution in [0.25, 0.3) is 11.3 Å². The Hall–Kier alpha value is -4.28. The van der Waals surface area contributed by atoms with Crippen LogP contribution in [0.3, 0.4) is 0 Å². The molecule has 2 amide bonds. The molecule has 2 heterocycles. The van der Waals surface area contributed by atoms with Gasteiger partial charge in [0, 0.05) is 41.7 Å². The minimum atomic E-state index is -2.75. The van der Waals surface area contributed by atoms with Crippen molar-refractivity contribution in [2.75, 3.05) is 24.7 Å². The highest BCUT2D eigenvalue weighted by atomic mass is 16.5. The lowest BCUT2D eigenvalue weighted by Gasteiger charge is -2.16. The average molecular weight is 452 g/mol.